The fourth-order valence-corrected chi connectivity index (χ4v) is 3.78. The number of hydrogen-bond donors (Lipinski definition) is 3. The number of aliphatic hydroxyl groups excluding tert-OH is 1. The van der Waals surface area contributed by atoms with Crippen LogP contribution in [0.15, 0.2) is 11.3 Å². The van der Waals surface area contributed by atoms with Gasteiger partial charge < -0.3 is 20.4 Å². The van der Waals surface area contributed by atoms with E-state index in [1.807, 2.05) is 0 Å². The van der Waals surface area contributed by atoms with Crippen LogP contribution in [0.4, 0.5) is 0 Å². The lowest BCUT2D eigenvalue weighted by atomic mass is 9.82. The van der Waals surface area contributed by atoms with E-state index in [0.29, 0.717) is 12.3 Å². The van der Waals surface area contributed by atoms with Gasteiger partial charge in [-0.05, 0) is 50.8 Å². The van der Waals surface area contributed by atoms with E-state index in [2.05, 4.69) is 5.32 Å². The Labute approximate surface area is 117 Å². The van der Waals surface area contributed by atoms with Gasteiger partial charge in [-0.2, -0.15) is 0 Å². The van der Waals surface area contributed by atoms with Crippen molar-refractivity contribution in [3.63, 3.8) is 0 Å². The van der Waals surface area contributed by atoms with Crippen molar-refractivity contribution in [1.82, 2.24) is 10.2 Å². The number of fused-ring (bicyclic) bond motifs is 1. The number of hydrogen-bond acceptors (Lipinski definition) is 4. The number of aliphatic hydroxyl groups is 1. The van der Waals surface area contributed by atoms with E-state index in [-0.39, 0.29) is 17.6 Å². The van der Waals surface area contributed by atoms with Crippen LogP contribution >= 0.6 is 0 Å². The maximum Gasteiger partial charge on any atom is 0.352 e. The number of nitrogens with zero attached hydrogens (tertiary/aromatic N) is 1. The smallest absolute Gasteiger partial charge is 0.352 e. The zero-order valence-corrected chi connectivity index (χ0v) is 11.5. The summed E-state index contributed by atoms with van der Waals surface area (Å²) in [6.07, 6.45) is 1.67. The Morgan fingerprint density at radius 1 is 1.55 bits per heavy atom. The summed E-state index contributed by atoms with van der Waals surface area (Å²) in [5.74, 6) is -1.26. The van der Waals surface area contributed by atoms with E-state index < -0.39 is 18.0 Å². The number of nitrogens with one attached hydrogen (secondary N) is 1. The third-order valence-electron chi connectivity index (χ3n) is 4.72. The van der Waals surface area contributed by atoms with Crippen molar-refractivity contribution in [2.24, 2.45) is 11.8 Å². The molecule has 3 aliphatic rings. The highest BCUT2D eigenvalue weighted by Gasteiger charge is 2.56. The van der Waals surface area contributed by atoms with E-state index in [1.54, 1.807) is 6.92 Å². The van der Waals surface area contributed by atoms with Crippen LogP contribution in [0.25, 0.3) is 0 Å². The zero-order chi connectivity index (χ0) is 14.4. The molecule has 2 fully saturated rings. The third-order valence-corrected chi connectivity index (χ3v) is 4.72. The van der Waals surface area contributed by atoms with Gasteiger partial charge >= 0.3 is 5.97 Å². The van der Waals surface area contributed by atoms with E-state index in [1.165, 1.54) is 4.90 Å². The first-order chi connectivity index (χ1) is 9.50. The van der Waals surface area contributed by atoms with Gasteiger partial charge in [-0.1, -0.05) is 0 Å². The van der Waals surface area contributed by atoms with Crippen molar-refractivity contribution in [2.45, 2.75) is 38.3 Å². The number of carboxylic acid groups (broad SMARTS) is 1. The summed E-state index contributed by atoms with van der Waals surface area (Å²) in [4.78, 5) is 24.9. The number of aliphatic carboxylic acids is 1. The second kappa shape index (κ2) is 4.86. The van der Waals surface area contributed by atoms with Gasteiger partial charge in [-0.25, -0.2) is 4.79 Å². The molecule has 4 atom stereocenters. The molecule has 0 aromatic heterocycles. The Morgan fingerprint density at radius 3 is 2.85 bits per heavy atom. The standard InChI is InChI=1S/C14H20N2O4/c1-7(17)11-10-5-9(4-8-2-3-15-6-8)12(14(19)20)16(10)13(11)18/h7-8,10-11,15,17H,2-6H2,1H3,(H,19,20)/t7-,8?,10-,11-/m1/s1. The van der Waals surface area contributed by atoms with Gasteiger partial charge in [0, 0.05) is 0 Å². The highest BCUT2D eigenvalue weighted by atomic mass is 16.4. The lowest BCUT2D eigenvalue weighted by Crippen LogP contribution is -2.61. The zero-order valence-electron chi connectivity index (χ0n) is 11.5. The molecule has 0 aromatic carbocycles. The molecule has 0 radical (unpaired) electrons. The number of β-lactam (4-membered cyclic amide) rings is 1. The summed E-state index contributed by atoms with van der Waals surface area (Å²) < 4.78 is 0. The van der Waals surface area contributed by atoms with E-state index in [0.717, 1.165) is 31.5 Å². The van der Waals surface area contributed by atoms with Crippen LogP contribution in [0.2, 0.25) is 0 Å². The Hall–Kier alpha value is -1.40. The van der Waals surface area contributed by atoms with Crippen LogP contribution in [-0.4, -0.2) is 52.2 Å². The van der Waals surface area contributed by atoms with Crippen LogP contribution < -0.4 is 5.32 Å². The average molecular weight is 280 g/mol. The first-order valence-corrected chi connectivity index (χ1v) is 7.18. The maximum atomic E-state index is 12.0. The summed E-state index contributed by atoms with van der Waals surface area (Å²) in [5.41, 5.74) is 1.04. The minimum Gasteiger partial charge on any atom is -0.477 e. The van der Waals surface area contributed by atoms with Gasteiger partial charge in [0.05, 0.1) is 18.1 Å². The van der Waals surface area contributed by atoms with Crippen LogP contribution in [-0.2, 0) is 9.59 Å². The number of amides is 1. The predicted molar refractivity (Wildman–Crippen MR) is 70.7 cm³/mol. The third kappa shape index (κ3) is 1.94. The normalized spacial score (nSPS) is 34.2. The Morgan fingerprint density at radius 2 is 2.30 bits per heavy atom. The second-order valence-electron chi connectivity index (χ2n) is 6.07. The molecule has 0 aromatic rings. The molecule has 1 amide bonds. The molecule has 3 aliphatic heterocycles. The van der Waals surface area contributed by atoms with Gasteiger partial charge in [0.1, 0.15) is 5.70 Å². The molecule has 6 heteroatoms. The fourth-order valence-electron chi connectivity index (χ4n) is 3.78. The summed E-state index contributed by atoms with van der Waals surface area (Å²) >= 11 is 0. The lowest BCUT2D eigenvalue weighted by molar-refractivity contribution is -0.161. The molecular formula is C14H20N2O4. The van der Waals surface area contributed by atoms with Gasteiger partial charge in [0.2, 0.25) is 5.91 Å². The summed E-state index contributed by atoms with van der Waals surface area (Å²) in [6, 6.07) is -0.155. The van der Waals surface area contributed by atoms with Gasteiger partial charge in [-0.3, -0.25) is 4.79 Å². The molecule has 0 saturated carbocycles. The molecule has 20 heavy (non-hydrogen) atoms. The topological polar surface area (TPSA) is 89.9 Å². The van der Waals surface area contributed by atoms with Crippen molar-refractivity contribution in [3.05, 3.63) is 11.3 Å². The number of carboxylic acids is 1. The average Bonchev–Trinajstić information content (AvgIpc) is 2.95. The summed E-state index contributed by atoms with van der Waals surface area (Å²) in [6.45, 7) is 3.48. The lowest BCUT2D eigenvalue weighted by Gasteiger charge is -2.44. The SMILES string of the molecule is C[C@@H](O)[C@H]1C(=O)N2C(C(=O)O)=C(CC3CCNC3)C[C@H]12. The minimum atomic E-state index is -1.02. The quantitative estimate of drug-likeness (QED) is 0.628. The molecule has 0 bridgehead atoms. The minimum absolute atomic E-state index is 0.155. The van der Waals surface area contributed by atoms with Crippen molar-refractivity contribution in [2.75, 3.05) is 13.1 Å². The van der Waals surface area contributed by atoms with Crippen molar-refractivity contribution < 1.29 is 19.8 Å². The molecule has 110 valence electrons. The Bertz CT molecular complexity index is 480. The van der Waals surface area contributed by atoms with Crippen LogP contribution in [0, 0.1) is 11.8 Å². The van der Waals surface area contributed by atoms with Gasteiger partial charge in [0.15, 0.2) is 0 Å². The monoisotopic (exact) mass is 280 g/mol. The van der Waals surface area contributed by atoms with Crippen LogP contribution in [0.1, 0.15) is 26.2 Å². The molecule has 2 saturated heterocycles. The van der Waals surface area contributed by atoms with E-state index >= 15 is 0 Å². The maximum absolute atomic E-state index is 12.0. The van der Waals surface area contributed by atoms with Gasteiger partial charge in [-0.15, -0.1) is 0 Å². The molecule has 6 nitrogen and oxygen atoms in total. The number of rotatable bonds is 4. The molecular weight excluding hydrogens is 260 g/mol. The highest BCUT2D eigenvalue weighted by Crippen LogP contribution is 2.45. The molecule has 0 aliphatic carbocycles. The van der Waals surface area contributed by atoms with Crippen LogP contribution in [0.5, 0.6) is 0 Å². The molecule has 1 unspecified atom stereocenters. The van der Waals surface area contributed by atoms with Gasteiger partial charge in [0.25, 0.3) is 0 Å². The molecule has 3 rings (SSSR count). The summed E-state index contributed by atoms with van der Waals surface area (Å²) in [5, 5.41) is 22.3. The Kier molecular flexibility index (Phi) is 3.30. The second-order valence-corrected chi connectivity index (χ2v) is 6.07. The predicted octanol–water partition coefficient (Wildman–Crippen LogP) is -0.0638. The fraction of sp³-hybridized carbons (Fsp3) is 0.714. The summed E-state index contributed by atoms with van der Waals surface area (Å²) in [7, 11) is 0. The van der Waals surface area contributed by atoms with E-state index in [4.69, 9.17) is 0 Å². The molecule has 0 spiro atoms. The first kappa shape index (κ1) is 13.6. The number of carbonyl (C=O) groups excluding carboxylic acids is 1. The van der Waals surface area contributed by atoms with Crippen molar-refractivity contribution in [3.8, 4) is 0 Å². The Balaban J connectivity index is 1.81. The van der Waals surface area contributed by atoms with E-state index in [9.17, 15) is 19.8 Å². The first-order valence-electron chi connectivity index (χ1n) is 7.18. The number of carbonyl (C=O) groups is 2. The van der Waals surface area contributed by atoms with Crippen molar-refractivity contribution >= 4 is 11.9 Å². The molecule has 3 heterocycles. The highest BCUT2D eigenvalue weighted by molar-refractivity contribution is 5.99. The van der Waals surface area contributed by atoms with Crippen molar-refractivity contribution in [1.29, 1.82) is 0 Å². The molecule has 3 N–H and O–H groups in total. The van der Waals surface area contributed by atoms with Crippen LogP contribution in [0.3, 0.4) is 0 Å². The largest absolute Gasteiger partial charge is 0.477 e.